The molecule has 0 saturated carbocycles. The van der Waals surface area contributed by atoms with Gasteiger partial charge in [0.05, 0.1) is 12.7 Å². The van der Waals surface area contributed by atoms with Gasteiger partial charge >= 0.3 is 0 Å². The average Bonchev–Trinajstić information content (AvgIpc) is 2.92. The van der Waals surface area contributed by atoms with Crippen LogP contribution in [0.5, 0.6) is 5.88 Å². The molecule has 2 aromatic rings. The lowest BCUT2D eigenvalue weighted by Crippen LogP contribution is -2.14. The predicted octanol–water partition coefficient (Wildman–Crippen LogP) is 2.15. The number of rotatable bonds is 7. The maximum Gasteiger partial charge on any atom is 0.223 e. The number of ether oxygens (including phenoxy) is 1. The van der Waals surface area contributed by atoms with Gasteiger partial charge in [-0.05, 0) is 31.6 Å². The van der Waals surface area contributed by atoms with Gasteiger partial charge in [0, 0.05) is 12.6 Å². The molecule has 19 heavy (non-hydrogen) atoms. The van der Waals surface area contributed by atoms with E-state index in [9.17, 15) is 0 Å². The zero-order chi connectivity index (χ0) is 13.5. The highest BCUT2D eigenvalue weighted by Gasteiger charge is 2.11. The summed E-state index contributed by atoms with van der Waals surface area (Å²) in [5, 5.41) is 13.7. The van der Waals surface area contributed by atoms with Crippen LogP contribution in [0.15, 0.2) is 18.3 Å². The van der Waals surface area contributed by atoms with Crippen molar-refractivity contribution in [2.24, 2.45) is 0 Å². The van der Waals surface area contributed by atoms with Gasteiger partial charge in [-0.1, -0.05) is 18.3 Å². The highest BCUT2D eigenvalue weighted by atomic mass is 32.1. The molecule has 5 nitrogen and oxygen atoms in total. The maximum absolute atomic E-state index is 5.24. The van der Waals surface area contributed by atoms with Gasteiger partial charge in [0.15, 0.2) is 5.01 Å². The van der Waals surface area contributed by atoms with E-state index in [2.05, 4.69) is 27.4 Å². The fourth-order valence-electron chi connectivity index (χ4n) is 1.72. The average molecular weight is 278 g/mol. The number of methoxy groups -OCH3 is 1. The molecule has 0 aromatic carbocycles. The molecule has 2 rings (SSSR count). The van der Waals surface area contributed by atoms with E-state index in [-0.39, 0.29) is 0 Å². The Bertz CT molecular complexity index is 515. The number of pyridine rings is 1. The van der Waals surface area contributed by atoms with Crippen molar-refractivity contribution in [2.75, 3.05) is 20.2 Å². The number of nitrogens with one attached hydrogen (secondary N) is 1. The van der Waals surface area contributed by atoms with Crippen LogP contribution in [-0.4, -0.2) is 35.4 Å². The van der Waals surface area contributed by atoms with E-state index in [1.54, 1.807) is 24.6 Å². The molecule has 0 radical (unpaired) electrons. The van der Waals surface area contributed by atoms with E-state index in [1.165, 1.54) is 0 Å². The van der Waals surface area contributed by atoms with Crippen LogP contribution in [0, 0.1) is 0 Å². The summed E-state index contributed by atoms with van der Waals surface area (Å²) in [7, 11) is 1.62. The molecule has 0 aliphatic carbocycles. The van der Waals surface area contributed by atoms with Gasteiger partial charge in [0.25, 0.3) is 0 Å². The second kappa shape index (κ2) is 7.16. The summed E-state index contributed by atoms with van der Waals surface area (Å²) < 4.78 is 5.24. The lowest BCUT2D eigenvalue weighted by atomic mass is 10.3. The Morgan fingerprint density at radius 1 is 1.37 bits per heavy atom. The van der Waals surface area contributed by atoms with Crippen LogP contribution in [0.1, 0.15) is 18.4 Å². The Labute approximate surface area is 117 Å². The molecular formula is C13H18N4OS. The van der Waals surface area contributed by atoms with Crippen molar-refractivity contribution in [1.29, 1.82) is 0 Å². The Hall–Kier alpha value is -1.53. The number of nitrogens with zero attached hydrogens (tertiary/aromatic N) is 3. The molecule has 2 heterocycles. The van der Waals surface area contributed by atoms with Crippen LogP contribution in [-0.2, 0) is 6.42 Å². The Kier molecular flexibility index (Phi) is 5.23. The first-order chi connectivity index (χ1) is 9.35. The number of aromatic nitrogens is 3. The maximum atomic E-state index is 5.24. The van der Waals surface area contributed by atoms with Crippen LogP contribution in [0.3, 0.4) is 0 Å². The van der Waals surface area contributed by atoms with Gasteiger partial charge in [-0.15, -0.1) is 10.2 Å². The minimum absolute atomic E-state index is 0.595. The van der Waals surface area contributed by atoms with E-state index in [0.717, 1.165) is 41.5 Å². The molecule has 102 valence electrons. The van der Waals surface area contributed by atoms with Gasteiger partial charge in [0.2, 0.25) is 5.88 Å². The molecule has 0 aliphatic heterocycles. The molecule has 0 saturated heterocycles. The van der Waals surface area contributed by atoms with Crippen LogP contribution in [0.25, 0.3) is 10.6 Å². The molecule has 0 unspecified atom stereocenters. The van der Waals surface area contributed by atoms with Crippen molar-refractivity contribution in [3.8, 4) is 16.5 Å². The Morgan fingerprint density at radius 2 is 2.26 bits per heavy atom. The largest absolute Gasteiger partial charge is 0.480 e. The fourth-order valence-corrected chi connectivity index (χ4v) is 2.62. The topological polar surface area (TPSA) is 59.9 Å². The monoisotopic (exact) mass is 278 g/mol. The standard InChI is InChI=1S/C13H18N4OS/c1-3-14-8-5-7-11-16-17-13(19-11)10-6-4-9-15-12(10)18-2/h4,6,9,14H,3,5,7-8H2,1-2H3. The number of hydrogen-bond donors (Lipinski definition) is 1. The van der Waals surface area contributed by atoms with Crippen LogP contribution >= 0.6 is 11.3 Å². The van der Waals surface area contributed by atoms with E-state index in [4.69, 9.17) is 4.74 Å². The summed E-state index contributed by atoms with van der Waals surface area (Å²) in [6.45, 7) is 4.13. The molecule has 2 aromatic heterocycles. The van der Waals surface area contributed by atoms with Crippen molar-refractivity contribution < 1.29 is 4.74 Å². The van der Waals surface area contributed by atoms with Gasteiger partial charge < -0.3 is 10.1 Å². The smallest absolute Gasteiger partial charge is 0.223 e. The quantitative estimate of drug-likeness (QED) is 0.786. The lowest BCUT2D eigenvalue weighted by molar-refractivity contribution is 0.399. The fraction of sp³-hybridized carbons (Fsp3) is 0.462. The SMILES string of the molecule is CCNCCCc1nnc(-c2cccnc2OC)s1. The van der Waals surface area contributed by atoms with Crippen molar-refractivity contribution in [3.63, 3.8) is 0 Å². The van der Waals surface area contributed by atoms with E-state index in [0.29, 0.717) is 5.88 Å². The minimum atomic E-state index is 0.595. The van der Waals surface area contributed by atoms with E-state index < -0.39 is 0 Å². The molecule has 0 spiro atoms. The van der Waals surface area contributed by atoms with Crippen molar-refractivity contribution in [2.45, 2.75) is 19.8 Å². The van der Waals surface area contributed by atoms with Crippen LogP contribution in [0.4, 0.5) is 0 Å². The third-order valence-electron chi connectivity index (χ3n) is 2.66. The highest BCUT2D eigenvalue weighted by molar-refractivity contribution is 7.14. The number of hydrogen-bond acceptors (Lipinski definition) is 6. The van der Waals surface area contributed by atoms with Crippen molar-refractivity contribution >= 4 is 11.3 Å². The second-order valence-corrected chi connectivity index (χ2v) is 5.08. The first-order valence-electron chi connectivity index (χ1n) is 6.37. The van der Waals surface area contributed by atoms with E-state index >= 15 is 0 Å². The minimum Gasteiger partial charge on any atom is -0.480 e. The zero-order valence-corrected chi connectivity index (χ0v) is 12.0. The van der Waals surface area contributed by atoms with Crippen LogP contribution in [0.2, 0.25) is 0 Å². The van der Waals surface area contributed by atoms with Crippen molar-refractivity contribution in [3.05, 3.63) is 23.3 Å². The van der Waals surface area contributed by atoms with Crippen LogP contribution < -0.4 is 10.1 Å². The first kappa shape index (κ1) is 13.9. The summed E-state index contributed by atoms with van der Waals surface area (Å²) in [5.74, 6) is 0.595. The molecule has 6 heteroatoms. The molecular weight excluding hydrogens is 260 g/mol. The summed E-state index contributed by atoms with van der Waals surface area (Å²) in [5.41, 5.74) is 0.903. The summed E-state index contributed by atoms with van der Waals surface area (Å²) >= 11 is 1.60. The predicted molar refractivity (Wildman–Crippen MR) is 76.6 cm³/mol. The molecule has 0 bridgehead atoms. The Morgan fingerprint density at radius 3 is 3.05 bits per heavy atom. The Balaban J connectivity index is 2.04. The molecule has 0 atom stereocenters. The molecule has 0 fully saturated rings. The van der Waals surface area contributed by atoms with Gasteiger partial charge in [-0.3, -0.25) is 0 Å². The third-order valence-corrected chi connectivity index (χ3v) is 3.67. The normalized spacial score (nSPS) is 10.6. The molecule has 0 amide bonds. The van der Waals surface area contributed by atoms with Gasteiger partial charge in [0.1, 0.15) is 5.01 Å². The van der Waals surface area contributed by atoms with Crippen molar-refractivity contribution in [1.82, 2.24) is 20.5 Å². The molecule has 1 N–H and O–H groups in total. The summed E-state index contributed by atoms with van der Waals surface area (Å²) in [6.07, 6.45) is 3.74. The first-order valence-corrected chi connectivity index (χ1v) is 7.19. The molecule has 0 aliphatic rings. The van der Waals surface area contributed by atoms with Gasteiger partial charge in [-0.2, -0.15) is 0 Å². The third kappa shape index (κ3) is 3.71. The lowest BCUT2D eigenvalue weighted by Gasteiger charge is -2.02. The number of aryl methyl sites for hydroxylation is 1. The van der Waals surface area contributed by atoms with E-state index in [1.807, 2.05) is 12.1 Å². The van der Waals surface area contributed by atoms with Gasteiger partial charge in [-0.25, -0.2) is 4.98 Å². The second-order valence-electron chi connectivity index (χ2n) is 4.02. The summed E-state index contributed by atoms with van der Waals surface area (Å²) in [4.78, 5) is 4.18. The summed E-state index contributed by atoms with van der Waals surface area (Å²) in [6, 6.07) is 3.83. The highest BCUT2D eigenvalue weighted by Crippen LogP contribution is 2.30. The zero-order valence-electron chi connectivity index (χ0n) is 11.2.